The van der Waals surface area contributed by atoms with Gasteiger partial charge in [-0.15, -0.1) is 0 Å². The Hall–Kier alpha value is -0.0800. The Morgan fingerprint density at radius 3 is 2.46 bits per heavy atom. The Kier molecular flexibility index (Phi) is 2.61. The molecule has 0 bridgehead atoms. The van der Waals surface area contributed by atoms with Crippen LogP contribution in [-0.4, -0.2) is 19.8 Å². The average Bonchev–Trinajstić information content (AvgIpc) is 1.96. The Balaban J connectivity index is 1.90. The summed E-state index contributed by atoms with van der Waals surface area (Å²) in [6.07, 6.45) is 5.58. The molecular formula is C11H21NO. The molecule has 2 rings (SSSR count). The van der Waals surface area contributed by atoms with Gasteiger partial charge in [-0.2, -0.15) is 0 Å². The monoisotopic (exact) mass is 183 g/mol. The zero-order valence-corrected chi connectivity index (χ0v) is 8.59. The number of hydrogen-bond acceptors (Lipinski definition) is 2. The maximum Gasteiger partial charge on any atom is 0.0547 e. The summed E-state index contributed by atoms with van der Waals surface area (Å²) in [6, 6.07) is 0. The van der Waals surface area contributed by atoms with Gasteiger partial charge in [0.2, 0.25) is 0 Å². The van der Waals surface area contributed by atoms with E-state index in [1.807, 2.05) is 0 Å². The first-order valence-electron chi connectivity index (χ1n) is 5.55. The van der Waals surface area contributed by atoms with Gasteiger partial charge in [0.05, 0.1) is 13.2 Å². The van der Waals surface area contributed by atoms with E-state index in [1.165, 1.54) is 25.7 Å². The second-order valence-corrected chi connectivity index (χ2v) is 5.03. The van der Waals surface area contributed by atoms with Crippen LogP contribution in [0.1, 0.15) is 32.6 Å². The summed E-state index contributed by atoms with van der Waals surface area (Å²) in [5.74, 6) is 1.62. The Morgan fingerprint density at radius 1 is 1.46 bits per heavy atom. The third kappa shape index (κ3) is 1.62. The Morgan fingerprint density at radius 2 is 2.15 bits per heavy atom. The molecule has 0 amide bonds. The minimum absolute atomic E-state index is 0.539. The molecular weight excluding hydrogens is 162 g/mol. The lowest BCUT2D eigenvalue weighted by Gasteiger charge is -2.52. The molecule has 0 aromatic carbocycles. The Bertz CT molecular complexity index is 173. The molecule has 2 N–H and O–H groups in total. The highest BCUT2D eigenvalue weighted by atomic mass is 16.5. The zero-order valence-electron chi connectivity index (χ0n) is 8.59. The molecule has 0 spiro atoms. The molecule has 76 valence electrons. The van der Waals surface area contributed by atoms with Crippen LogP contribution in [0.25, 0.3) is 0 Å². The number of hydrogen-bond donors (Lipinski definition) is 1. The predicted molar refractivity (Wildman–Crippen MR) is 53.4 cm³/mol. The summed E-state index contributed by atoms with van der Waals surface area (Å²) in [4.78, 5) is 0. The topological polar surface area (TPSA) is 35.2 Å². The molecule has 1 atom stereocenters. The summed E-state index contributed by atoms with van der Waals surface area (Å²) < 4.78 is 5.40. The van der Waals surface area contributed by atoms with Crippen molar-refractivity contribution >= 4 is 0 Å². The van der Waals surface area contributed by atoms with Gasteiger partial charge < -0.3 is 10.5 Å². The molecule has 0 aromatic rings. The predicted octanol–water partition coefficient (Wildman–Crippen LogP) is 1.79. The first kappa shape index (κ1) is 9.47. The van der Waals surface area contributed by atoms with E-state index >= 15 is 0 Å². The average molecular weight is 183 g/mol. The molecule has 2 heteroatoms. The maximum absolute atomic E-state index is 5.68. The molecule has 2 aliphatic rings. The first-order chi connectivity index (χ1) is 6.27. The molecule has 2 fully saturated rings. The summed E-state index contributed by atoms with van der Waals surface area (Å²) >= 11 is 0. The molecule has 1 heterocycles. The minimum Gasteiger partial charge on any atom is -0.380 e. The fraction of sp³-hybridized carbons (Fsp3) is 1.00. The van der Waals surface area contributed by atoms with Gasteiger partial charge in [0.25, 0.3) is 0 Å². The molecule has 2 nitrogen and oxygen atoms in total. The normalized spacial score (nSPS) is 29.1. The van der Waals surface area contributed by atoms with Crippen molar-refractivity contribution in [1.29, 1.82) is 0 Å². The Labute approximate surface area is 80.8 Å². The van der Waals surface area contributed by atoms with Gasteiger partial charge >= 0.3 is 0 Å². The van der Waals surface area contributed by atoms with Crippen molar-refractivity contribution in [2.24, 2.45) is 23.0 Å². The first-order valence-corrected chi connectivity index (χ1v) is 5.55. The van der Waals surface area contributed by atoms with Gasteiger partial charge in [-0.1, -0.05) is 13.3 Å². The molecule has 1 aliphatic heterocycles. The highest BCUT2D eigenvalue weighted by Gasteiger charge is 2.47. The highest BCUT2D eigenvalue weighted by molar-refractivity contribution is 4.96. The fourth-order valence-electron chi connectivity index (χ4n) is 2.68. The van der Waals surface area contributed by atoms with Crippen LogP contribution < -0.4 is 5.73 Å². The van der Waals surface area contributed by atoms with Crippen LogP contribution in [0.3, 0.4) is 0 Å². The van der Waals surface area contributed by atoms with Crippen molar-refractivity contribution in [3.05, 3.63) is 0 Å². The van der Waals surface area contributed by atoms with Crippen molar-refractivity contribution in [3.63, 3.8) is 0 Å². The second kappa shape index (κ2) is 3.58. The van der Waals surface area contributed by atoms with E-state index < -0.39 is 0 Å². The van der Waals surface area contributed by atoms with Crippen LogP contribution in [0.2, 0.25) is 0 Å². The molecule has 1 unspecified atom stereocenters. The fourth-order valence-corrected chi connectivity index (χ4v) is 2.68. The van der Waals surface area contributed by atoms with Crippen LogP contribution in [0, 0.1) is 17.3 Å². The quantitative estimate of drug-likeness (QED) is 0.721. The molecule has 1 aliphatic carbocycles. The van der Waals surface area contributed by atoms with E-state index in [1.54, 1.807) is 0 Å². The van der Waals surface area contributed by atoms with Crippen molar-refractivity contribution < 1.29 is 4.74 Å². The van der Waals surface area contributed by atoms with E-state index in [0.717, 1.165) is 25.7 Å². The van der Waals surface area contributed by atoms with Crippen LogP contribution >= 0.6 is 0 Å². The SMILES string of the molecule is CC(CN)CC1(C2CCC2)COC1. The lowest BCUT2D eigenvalue weighted by Crippen LogP contribution is -2.51. The van der Waals surface area contributed by atoms with E-state index in [9.17, 15) is 0 Å². The van der Waals surface area contributed by atoms with E-state index in [2.05, 4.69) is 6.92 Å². The summed E-state index contributed by atoms with van der Waals surface area (Å²) in [5.41, 5.74) is 6.22. The standard InChI is InChI=1S/C11H21NO/c1-9(6-12)5-11(7-13-8-11)10-3-2-4-10/h9-10H,2-8,12H2,1H3. The highest BCUT2D eigenvalue weighted by Crippen LogP contribution is 2.50. The molecule has 1 saturated carbocycles. The second-order valence-electron chi connectivity index (χ2n) is 5.03. The van der Waals surface area contributed by atoms with Crippen molar-refractivity contribution in [2.75, 3.05) is 19.8 Å². The van der Waals surface area contributed by atoms with Gasteiger partial charge in [-0.3, -0.25) is 0 Å². The summed E-state index contributed by atoms with van der Waals surface area (Å²) in [7, 11) is 0. The van der Waals surface area contributed by atoms with E-state index in [-0.39, 0.29) is 0 Å². The third-order valence-corrected chi connectivity index (χ3v) is 3.91. The number of ether oxygens (including phenoxy) is 1. The smallest absolute Gasteiger partial charge is 0.0547 e. The maximum atomic E-state index is 5.68. The van der Waals surface area contributed by atoms with E-state index in [0.29, 0.717) is 11.3 Å². The number of nitrogens with two attached hydrogens (primary N) is 1. The molecule has 0 radical (unpaired) electrons. The van der Waals surface area contributed by atoms with E-state index in [4.69, 9.17) is 10.5 Å². The van der Waals surface area contributed by atoms with Crippen molar-refractivity contribution in [2.45, 2.75) is 32.6 Å². The molecule has 0 aromatic heterocycles. The van der Waals surface area contributed by atoms with Gasteiger partial charge in [-0.05, 0) is 37.6 Å². The lowest BCUT2D eigenvalue weighted by atomic mass is 9.61. The van der Waals surface area contributed by atoms with Crippen molar-refractivity contribution in [1.82, 2.24) is 0 Å². The summed E-state index contributed by atoms with van der Waals surface area (Å²) in [6.45, 7) is 5.09. The zero-order chi connectivity index (χ0) is 9.31. The van der Waals surface area contributed by atoms with Crippen LogP contribution in [0.15, 0.2) is 0 Å². The van der Waals surface area contributed by atoms with Crippen LogP contribution in [0.4, 0.5) is 0 Å². The molecule has 1 saturated heterocycles. The third-order valence-electron chi connectivity index (χ3n) is 3.91. The van der Waals surface area contributed by atoms with Crippen molar-refractivity contribution in [3.8, 4) is 0 Å². The minimum atomic E-state index is 0.539. The van der Waals surface area contributed by atoms with Gasteiger partial charge in [0.15, 0.2) is 0 Å². The lowest BCUT2D eigenvalue weighted by molar-refractivity contribution is -0.171. The largest absolute Gasteiger partial charge is 0.380 e. The molecule has 13 heavy (non-hydrogen) atoms. The van der Waals surface area contributed by atoms with Gasteiger partial charge in [-0.25, -0.2) is 0 Å². The van der Waals surface area contributed by atoms with Gasteiger partial charge in [0, 0.05) is 5.41 Å². The van der Waals surface area contributed by atoms with Gasteiger partial charge in [0.1, 0.15) is 0 Å². The van der Waals surface area contributed by atoms with Crippen LogP contribution in [-0.2, 0) is 4.74 Å². The summed E-state index contributed by atoms with van der Waals surface area (Å²) in [5, 5.41) is 0. The van der Waals surface area contributed by atoms with Crippen LogP contribution in [0.5, 0.6) is 0 Å². The number of rotatable bonds is 4.